The molecule has 0 radical (unpaired) electrons. The van der Waals surface area contributed by atoms with Crippen LogP contribution in [0.15, 0.2) is 18.3 Å². The summed E-state index contributed by atoms with van der Waals surface area (Å²) in [4.78, 5) is 15.2. The smallest absolute Gasteiger partial charge is 0.253 e. The van der Waals surface area contributed by atoms with E-state index in [1.165, 1.54) is 12.3 Å². The lowest BCUT2D eigenvalue weighted by Crippen LogP contribution is -2.45. The summed E-state index contributed by atoms with van der Waals surface area (Å²) in [5.41, 5.74) is 0.309. The molecule has 2 unspecified atom stereocenters. The highest BCUT2D eigenvalue weighted by molar-refractivity contribution is 5.94. The molecule has 92 valence electrons. The van der Waals surface area contributed by atoms with Gasteiger partial charge >= 0.3 is 0 Å². The molecule has 1 saturated carbocycles. The number of rotatable bonds is 2. The predicted octanol–water partition coefficient (Wildman–Crippen LogP) is 1.25. The zero-order valence-corrected chi connectivity index (χ0v) is 9.40. The van der Waals surface area contributed by atoms with E-state index in [1.54, 1.807) is 0 Å². The van der Waals surface area contributed by atoms with Gasteiger partial charge in [-0.25, -0.2) is 4.98 Å². The van der Waals surface area contributed by atoms with E-state index in [0.29, 0.717) is 12.0 Å². The Morgan fingerprint density at radius 2 is 2.18 bits per heavy atom. The van der Waals surface area contributed by atoms with Crippen LogP contribution in [0.5, 0.6) is 0 Å². The van der Waals surface area contributed by atoms with Crippen molar-refractivity contribution in [1.82, 2.24) is 10.3 Å². The van der Waals surface area contributed by atoms with E-state index in [4.69, 9.17) is 0 Å². The van der Waals surface area contributed by atoms with Crippen molar-refractivity contribution in [2.45, 2.75) is 37.8 Å². The third kappa shape index (κ3) is 3.00. The van der Waals surface area contributed by atoms with Crippen LogP contribution in [-0.2, 0) is 0 Å². The fourth-order valence-electron chi connectivity index (χ4n) is 2.04. The Kier molecular flexibility index (Phi) is 3.68. The predicted molar refractivity (Wildman–Crippen MR) is 59.9 cm³/mol. The zero-order valence-electron chi connectivity index (χ0n) is 9.40. The Hall–Kier alpha value is -1.49. The number of aliphatic hydroxyl groups is 1. The summed E-state index contributed by atoms with van der Waals surface area (Å²) < 4.78 is 12.6. The van der Waals surface area contributed by atoms with Gasteiger partial charge in [0.15, 0.2) is 0 Å². The van der Waals surface area contributed by atoms with Crippen LogP contribution in [0.2, 0.25) is 0 Å². The monoisotopic (exact) mass is 238 g/mol. The standard InChI is InChI=1S/C12H15FN2O2/c13-11-6-5-8(7-14-11)12(17)15-9-3-1-2-4-10(9)16/h5-7,9-10,16H,1-4H2,(H,15,17). The van der Waals surface area contributed by atoms with Crippen molar-refractivity contribution in [3.8, 4) is 0 Å². The van der Waals surface area contributed by atoms with Crippen LogP contribution in [0.25, 0.3) is 0 Å². The Morgan fingerprint density at radius 3 is 2.82 bits per heavy atom. The summed E-state index contributed by atoms with van der Waals surface area (Å²) in [7, 11) is 0. The molecular formula is C12H15FN2O2. The van der Waals surface area contributed by atoms with Crippen molar-refractivity contribution in [2.75, 3.05) is 0 Å². The minimum Gasteiger partial charge on any atom is -0.391 e. The first-order valence-electron chi connectivity index (χ1n) is 5.77. The minimum atomic E-state index is -0.612. The van der Waals surface area contributed by atoms with Crippen molar-refractivity contribution in [2.24, 2.45) is 0 Å². The third-order valence-electron chi connectivity index (χ3n) is 3.04. The Bertz CT molecular complexity index is 394. The maximum absolute atomic E-state index is 12.6. The van der Waals surface area contributed by atoms with E-state index in [0.717, 1.165) is 25.3 Å². The Labute approximate surface area is 98.9 Å². The van der Waals surface area contributed by atoms with Gasteiger partial charge < -0.3 is 10.4 Å². The first-order chi connectivity index (χ1) is 8.16. The molecule has 2 atom stereocenters. The molecule has 5 heteroatoms. The number of halogens is 1. The van der Waals surface area contributed by atoms with Crippen molar-refractivity contribution < 1.29 is 14.3 Å². The van der Waals surface area contributed by atoms with Crippen molar-refractivity contribution in [1.29, 1.82) is 0 Å². The lowest BCUT2D eigenvalue weighted by atomic mass is 9.92. The normalized spacial score (nSPS) is 24.4. The van der Waals surface area contributed by atoms with Gasteiger partial charge in [-0.3, -0.25) is 4.79 Å². The molecule has 2 rings (SSSR count). The molecule has 0 spiro atoms. The number of nitrogens with one attached hydrogen (secondary N) is 1. The van der Waals surface area contributed by atoms with Crippen LogP contribution < -0.4 is 5.32 Å². The summed E-state index contributed by atoms with van der Waals surface area (Å²) >= 11 is 0. The van der Waals surface area contributed by atoms with E-state index in [1.807, 2.05) is 0 Å². The molecule has 1 aromatic rings. The highest BCUT2D eigenvalue weighted by Gasteiger charge is 2.24. The summed E-state index contributed by atoms with van der Waals surface area (Å²) in [6, 6.07) is 2.32. The first kappa shape index (κ1) is 12.0. The van der Waals surface area contributed by atoms with Gasteiger partial charge in [0, 0.05) is 6.20 Å². The molecule has 1 heterocycles. The highest BCUT2D eigenvalue weighted by atomic mass is 19.1. The Balaban J connectivity index is 1.98. The van der Waals surface area contributed by atoms with Crippen molar-refractivity contribution in [3.63, 3.8) is 0 Å². The molecule has 17 heavy (non-hydrogen) atoms. The molecular weight excluding hydrogens is 223 g/mol. The molecule has 0 aliphatic heterocycles. The van der Waals surface area contributed by atoms with Crippen LogP contribution in [0.4, 0.5) is 4.39 Å². The molecule has 1 aliphatic rings. The molecule has 1 fully saturated rings. The van der Waals surface area contributed by atoms with Crippen LogP contribution in [0.1, 0.15) is 36.0 Å². The van der Waals surface area contributed by atoms with Gasteiger partial charge in [-0.2, -0.15) is 4.39 Å². The number of pyridine rings is 1. The average molecular weight is 238 g/mol. The second kappa shape index (κ2) is 5.23. The highest BCUT2D eigenvalue weighted by Crippen LogP contribution is 2.18. The second-order valence-electron chi connectivity index (χ2n) is 4.30. The number of carbonyl (C=O) groups is 1. The number of amides is 1. The second-order valence-corrected chi connectivity index (χ2v) is 4.30. The van der Waals surface area contributed by atoms with Gasteiger partial charge in [-0.1, -0.05) is 12.8 Å². The maximum Gasteiger partial charge on any atom is 0.253 e. The maximum atomic E-state index is 12.6. The van der Waals surface area contributed by atoms with Gasteiger partial charge in [-0.05, 0) is 25.0 Å². The molecule has 0 bridgehead atoms. The van der Waals surface area contributed by atoms with Gasteiger partial charge in [0.25, 0.3) is 5.91 Å². The molecule has 0 aromatic carbocycles. The number of hydrogen-bond donors (Lipinski definition) is 2. The Morgan fingerprint density at radius 1 is 1.41 bits per heavy atom. The van der Waals surface area contributed by atoms with E-state index in [-0.39, 0.29) is 11.9 Å². The first-order valence-corrected chi connectivity index (χ1v) is 5.77. The largest absolute Gasteiger partial charge is 0.391 e. The molecule has 2 N–H and O–H groups in total. The van der Waals surface area contributed by atoms with E-state index >= 15 is 0 Å². The van der Waals surface area contributed by atoms with Crippen LogP contribution in [-0.4, -0.2) is 28.1 Å². The van der Waals surface area contributed by atoms with Crippen molar-refractivity contribution >= 4 is 5.91 Å². The molecule has 4 nitrogen and oxygen atoms in total. The van der Waals surface area contributed by atoms with Crippen LogP contribution >= 0.6 is 0 Å². The fourth-order valence-corrected chi connectivity index (χ4v) is 2.04. The van der Waals surface area contributed by atoms with Gasteiger partial charge in [-0.15, -0.1) is 0 Å². The summed E-state index contributed by atoms with van der Waals surface area (Å²) in [5, 5.41) is 12.5. The summed E-state index contributed by atoms with van der Waals surface area (Å²) in [6.45, 7) is 0. The van der Waals surface area contributed by atoms with Crippen molar-refractivity contribution in [3.05, 3.63) is 29.8 Å². The fraction of sp³-hybridized carbons (Fsp3) is 0.500. The molecule has 0 saturated heterocycles. The lowest BCUT2D eigenvalue weighted by molar-refractivity contribution is 0.0717. The summed E-state index contributed by atoms with van der Waals surface area (Å²) in [5.74, 6) is -0.928. The SMILES string of the molecule is O=C(NC1CCCCC1O)c1ccc(F)nc1. The molecule has 1 amide bonds. The minimum absolute atomic E-state index is 0.207. The van der Waals surface area contributed by atoms with Crippen LogP contribution in [0, 0.1) is 5.95 Å². The zero-order chi connectivity index (χ0) is 12.3. The topological polar surface area (TPSA) is 62.2 Å². The number of carbonyl (C=O) groups excluding carboxylic acids is 1. The number of aromatic nitrogens is 1. The number of aliphatic hydroxyl groups excluding tert-OH is 1. The third-order valence-corrected chi connectivity index (χ3v) is 3.04. The lowest BCUT2D eigenvalue weighted by Gasteiger charge is -2.28. The van der Waals surface area contributed by atoms with E-state index in [2.05, 4.69) is 10.3 Å². The number of hydrogen-bond acceptors (Lipinski definition) is 3. The average Bonchev–Trinajstić information content (AvgIpc) is 2.33. The molecule has 1 aromatic heterocycles. The van der Waals surface area contributed by atoms with E-state index < -0.39 is 12.1 Å². The van der Waals surface area contributed by atoms with E-state index in [9.17, 15) is 14.3 Å². The van der Waals surface area contributed by atoms with Gasteiger partial charge in [0.05, 0.1) is 17.7 Å². The summed E-state index contributed by atoms with van der Waals surface area (Å²) in [6.07, 6.45) is 4.20. The quantitative estimate of drug-likeness (QED) is 0.762. The van der Waals surface area contributed by atoms with Gasteiger partial charge in [0.2, 0.25) is 5.95 Å². The van der Waals surface area contributed by atoms with Crippen LogP contribution in [0.3, 0.4) is 0 Å². The molecule has 1 aliphatic carbocycles. The van der Waals surface area contributed by atoms with Gasteiger partial charge in [0.1, 0.15) is 0 Å². The number of nitrogens with zero attached hydrogens (tertiary/aromatic N) is 1.